The third-order valence-corrected chi connectivity index (χ3v) is 10.7. The van der Waals surface area contributed by atoms with Crippen molar-refractivity contribution in [2.24, 2.45) is 5.41 Å². The molecular formula is C39H58N2O3S. The van der Waals surface area contributed by atoms with Crippen molar-refractivity contribution in [1.82, 2.24) is 9.80 Å². The minimum Gasteiger partial charge on any atom is -0.493 e. The minimum absolute atomic E-state index is 0.344. The quantitative estimate of drug-likeness (QED) is 0.123. The Balaban J connectivity index is 1.13. The molecule has 0 aliphatic carbocycles. The maximum Gasteiger partial charge on any atom is 0.203 e. The summed E-state index contributed by atoms with van der Waals surface area (Å²) < 4.78 is 16.8. The summed E-state index contributed by atoms with van der Waals surface area (Å²) in [7, 11) is 5.03. The molecule has 1 aromatic heterocycles. The van der Waals surface area contributed by atoms with Crippen molar-refractivity contribution in [2.75, 3.05) is 54.1 Å². The molecule has 248 valence electrons. The Morgan fingerprint density at radius 3 is 1.89 bits per heavy atom. The van der Waals surface area contributed by atoms with Crippen LogP contribution in [0.15, 0.2) is 48.5 Å². The van der Waals surface area contributed by atoms with Crippen LogP contribution in [0.5, 0.6) is 17.2 Å². The van der Waals surface area contributed by atoms with E-state index in [1.165, 1.54) is 81.9 Å². The van der Waals surface area contributed by atoms with Gasteiger partial charge in [0.05, 0.1) is 21.3 Å². The molecule has 4 rings (SSSR count). The molecule has 0 saturated carbocycles. The lowest BCUT2D eigenvalue weighted by Gasteiger charge is -2.36. The lowest BCUT2D eigenvalue weighted by atomic mass is 9.84. The Morgan fingerprint density at radius 1 is 0.644 bits per heavy atom. The summed E-state index contributed by atoms with van der Waals surface area (Å²) >= 11 is 2.04. The van der Waals surface area contributed by atoms with Crippen molar-refractivity contribution in [3.63, 3.8) is 0 Å². The Labute approximate surface area is 277 Å². The number of hydrogen-bond donors (Lipinski definition) is 0. The molecule has 0 N–H and O–H groups in total. The molecule has 45 heavy (non-hydrogen) atoms. The van der Waals surface area contributed by atoms with E-state index in [0.29, 0.717) is 16.9 Å². The summed E-state index contributed by atoms with van der Waals surface area (Å²) in [6, 6.07) is 18.2. The Hall–Kier alpha value is -2.54. The Bertz CT molecular complexity index is 1280. The summed E-state index contributed by atoms with van der Waals surface area (Å²) in [4.78, 5) is 8.26. The third-order valence-electron chi connectivity index (χ3n) is 9.50. The van der Waals surface area contributed by atoms with Crippen LogP contribution in [0.4, 0.5) is 0 Å². The molecule has 2 aromatic carbocycles. The van der Waals surface area contributed by atoms with Gasteiger partial charge in [-0.1, -0.05) is 63.9 Å². The van der Waals surface area contributed by atoms with Crippen LogP contribution in [0, 0.1) is 5.41 Å². The predicted molar refractivity (Wildman–Crippen MR) is 191 cm³/mol. The van der Waals surface area contributed by atoms with Gasteiger partial charge in [-0.05, 0) is 92.7 Å². The SMILES string of the molecule is CCCCCc1ccc(CCCc2ccc(CCC(C)(C)CCN3CCN(Cc4ccc(OC)c(OC)c4OC)CC3)s2)cc1. The zero-order valence-corrected chi connectivity index (χ0v) is 29.8. The second-order valence-electron chi connectivity index (χ2n) is 13.5. The number of rotatable bonds is 19. The first-order chi connectivity index (χ1) is 21.8. The van der Waals surface area contributed by atoms with E-state index in [9.17, 15) is 0 Å². The zero-order valence-electron chi connectivity index (χ0n) is 29.0. The first-order valence-corrected chi connectivity index (χ1v) is 18.0. The van der Waals surface area contributed by atoms with Gasteiger partial charge in [-0.3, -0.25) is 4.90 Å². The minimum atomic E-state index is 0.344. The van der Waals surface area contributed by atoms with E-state index in [4.69, 9.17) is 14.2 Å². The molecule has 0 amide bonds. The van der Waals surface area contributed by atoms with Crippen molar-refractivity contribution in [2.45, 2.75) is 91.5 Å². The van der Waals surface area contributed by atoms with Crippen LogP contribution in [0.2, 0.25) is 0 Å². The van der Waals surface area contributed by atoms with Crippen LogP contribution in [0.1, 0.15) is 85.7 Å². The summed E-state index contributed by atoms with van der Waals surface area (Å²) in [6.45, 7) is 13.6. The predicted octanol–water partition coefficient (Wildman–Crippen LogP) is 8.85. The largest absolute Gasteiger partial charge is 0.493 e. The van der Waals surface area contributed by atoms with Crippen LogP contribution in [0.3, 0.4) is 0 Å². The van der Waals surface area contributed by atoms with Crippen LogP contribution >= 0.6 is 11.3 Å². The number of methoxy groups -OCH3 is 3. The number of unbranched alkanes of at least 4 members (excludes halogenated alkanes) is 2. The number of aryl methyl sites for hydroxylation is 4. The molecule has 1 aliphatic heterocycles. The van der Waals surface area contributed by atoms with E-state index < -0.39 is 0 Å². The molecule has 0 bridgehead atoms. The van der Waals surface area contributed by atoms with E-state index in [1.54, 1.807) is 31.1 Å². The van der Waals surface area contributed by atoms with Gasteiger partial charge < -0.3 is 19.1 Å². The second kappa shape index (κ2) is 18.0. The first kappa shape index (κ1) is 35.3. The summed E-state index contributed by atoms with van der Waals surface area (Å²) in [5, 5.41) is 0. The van der Waals surface area contributed by atoms with Crippen LogP contribution in [0.25, 0.3) is 0 Å². The number of piperazine rings is 1. The highest BCUT2D eigenvalue weighted by Crippen LogP contribution is 2.40. The highest BCUT2D eigenvalue weighted by Gasteiger charge is 2.24. The molecule has 0 radical (unpaired) electrons. The number of hydrogen-bond acceptors (Lipinski definition) is 6. The van der Waals surface area contributed by atoms with Crippen molar-refractivity contribution < 1.29 is 14.2 Å². The second-order valence-corrected chi connectivity index (χ2v) is 14.8. The molecule has 1 aliphatic rings. The van der Waals surface area contributed by atoms with Gasteiger partial charge in [-0.15, -0.1) is 11.3 Å². The topological polar surface area (TPSA) is 34.2 Å². The molecule has 3 aromatic rings. The monoisotopic (exact) mass is 634 g/mol. The summed E-state index contributed by atoms with van der Waals surface area (Å²) in [5.74, 6) is 2.15. The highest BCUT2D eigenvalue weighted by atomic mass is 32.1. The normalized spacial score (nSPS) is 14.5. The molecule has 1 fully saturated rings. The number of ether oxygens (including phenoxy) is 3. The lowest BCUT2D eigenvalue weighted by molar-refractivity contribution is 0.112. The highest BCUT2D eigenvalue weighted by molar-refractivity contribution is 7.11. The molecule has 1 saturated heterocycles. The fourth-order valence-corrected chi connectivity index (χ4v) is 7.42. The van der Waals surface area contributed by atoms with Crippen molar-refractivity contribution in [1.29, 1.82) is 0 Å². The molecule has 0 atom stereocenters. The fourth-order valence-electron chi connectivity index (χ4n) is 6.36. The van der Waals surface area contributed by atoms with E-state index in [-0.39, 0.29) is 0 Å². The van der Waals surface area contributed by atoms with Gasteiger partial charge in [0.1, 0.15) is 0 Å². The maximum atomic E-state index is 5.71. The van der Waals surface area contributed by atoms with E-state index in [1.807, 2.05) is 17.4 Å². The molecule has 2 heterocycles. The van der Waals surface area contributed by atoms with Crippen molar-refractivity contribution in [3.8, 4) is 17.2 Å². The van der Waals surface area contributed by atoms with Gasteiger partial charge in [0.2, 0.25) is 5.75 Å². The van der Waals surface area contributed by atoms with Crippen molar-refractivity contribution in [3.05, 3.63) is 75.0 Å². The number of thiophene rings is 1. The van der Waals surface area contributed by atoms with Gasteiger partial charge in [0.15, 0.2) is 11.5 Å². The molecule has 6 heteroatoms. The molecule has 5 nitrogen and oxygen atoms in total. The van der Waals surface area contributed by atoms with Gasteiger partial charge in [0.25, 0.3) is 0 Å². The zero-order chi connectivity index (χ0) is 32.1. The Morgan fingerprint density at radius 2 is 1.27 bits per heavy atom. The first-order valence-electron chi connectivity index (χ1n) is 17.2. The summed E-state index contributed by atoms with van der Waals surface area (Å²) in [5.41, 5.74) is 4.46. The van der Waals surface area contributed by atoms with Crippen LogP contribution < -0.4 is 14.2 Å². The van der Waals surface area contributed by atoms with E-state index in [2.05, 4.69) is 73.0 Å². The maximum absolute atomic E-state index is 5.71. The standard InChI is InChI=1S/C39H58N2O3S/c1-7-8-9-11-31-14-16-32(17-15-31)12-10-13-34-19-20-35(45-34)22-23-39(2,3)24-25-40-26-28-41(29-27-40)30-33-18-21-36(42-4)38(44-6)37(33)43-5/h14-21H,7-13,22-30H2,1-6H3. The third kappa shape index (κ3) is 11.0. The van der Waals surface area contributed by atoms with Gasteiger partial charge in [0, 0.05) is 48.0 Å². The lowest BCUT2D eigenvalue weighted by Crippen LogP contribution is -2.46. The number of nitrogens with zero attached hydrogens (tertiary/aromatic N) is 2. The molecular weight excluding hydrogens is 577 g/mol. The van der Waals surface area contributed by atoms with Gasteiger partial charge in [-0.25, -0.2) is 0 Å². The smallest absolute Gasteiger partial charge is 0.203 e. The molecule has 0 spiro atoms. The van der Waals surface area contributed by atoms with Crippen molar-refractivity contribution >= 4 is 11.3 Å². The average molecular weight is 635 g/mol. The molecule has 0 unspecified atom stereocenters. The van der Waals surface area contributed by atoms with Crippen LogP contribution in [-0.4, -0.2) is 63.9 Å². The Kier molecular flexibility index (Phi) is 14.1. The number of benzene rings is 2. The average Bonchev–Trinajstić information content (AvgIpc) is 3.52. The van der Waals surface area contributed by atoms with Gasteiger partial charge >= 0.3 is 0 Å². The van der Waals surface area contributed by atoms with E-state index >= 15 is 0 Å². The summed E-state index contributed by atoms with van der Waals surface area (Å²) in [6.07, 6.45) is 12.4. The van der Waals surface area contributed by atoms with Gasteiger partial charge in [-0.2, -0.15) is 0 Å². The van der Waals surface area contributed by atoms with E-state index in [0.717, 1.165) is 44.0 Å². The fraction of sp³-hybridized carbons (Fsp3) is 0.590. The van der Waals surface area contributed by atoms with Crippen LogP contribution in [-0.2, 0) is 32.2 Å².